The van der Waals surface area contributed by atoms with Gasteiger partial charge in [-0.05, 0) is 48.7 Å². The summed E-state index contributed by atoms with van der Waals surface area (Å²) in [6.07, 6.45) is -0.885. The van der Waals surface area contributed by atoms with Gasteiger partial charge in [0.25, 0.3) is 0 Å². The second kappa shape index (κ2) is 9.38. The molecule has 34 heavy (non-hydrogen) atoms. The highest BCUT2D eigenvalue weighted by Crippen LogP contribution is 2.27. The van der Waals surface area contributed by atoms with E-state index in [-0.39, 0.29) is 17.6 Å². The van der Waals surface area contributed by atoms with Gasteiger partial charge in [-0.3, -0.25) is 9.59 Å². The Morgan fingerprint density at radius 3 is 2.41 bits per heavy atom. The number of hydrogen-bond donors (Lipinski definition) is 3. The zero-order chi connectivity index (χ0) is 24.3. The van der Waals surface area contributed by atoms with Crippen molar-refractivity contribution in [2.45, 2.75) is 32.2 Å². The van der Waals surface area contributed by atoms with Crippen LogP contribution in [0, 0.1) is 6.92 Å². The zero-order valence-electron chi connectivity index (χ0n) is 17.9. The van der Waals surface area contributed by atoms with Gasteiger partial charge in [-0.2, -0.15) is 0 Å². The Balaban J connectivity index is 1.42. The van der Waals surface area contributed by atoms with Crippen molar-refractivity contribution in [2.24, 2.45) is 0 Å². The van der Waals surface area contributed by atoms with E-state index in [0.717, 1.165) is 5.56 Å². The number of rotatable bonds is 6. The molecule has 1 unspecified atom stereocenters. The third-order valence-corrected chi connectivity index (χ3v) is 5.14. The molecule has 1 fully saturated rings. The fraction of sp³-hybridized carbons (Fsp3) is 0.217. The molecule has 3 aromatic rings. The minimum atomic E-state index is -4.75. The number of aryl methyl sites for hydroxylation is 1. The van der Waals surface area contributed by atoms with Crippen LogP contribution in [0.5, 0.6) is 5.75 Å². The number of amides is 2. The van der Waals surface area contributed by atoms with Crippen molar-refractivity contribution in [3.63, 3.8) is 0 Å². The molecule has 176 valence electrons. The van der Waals surface area contributed by atoms with Crippen molar-refractivity contribution in [3.8, 4) is 16.9 Å². The molecule has 0 aliphatic carbocycles. The van der Waals surface area contributed by atoms with Crippen LogP contribution in [0.2, 0.25) is 0 Å². The van der Waals surface area contributed by atoms with Crippen LogP contribution in [0.4, 0.5) is 30.5 Å². The van der Waals surface area contributed by atoms with Crippen LogP contribution in [0.25, 0.3) is 11.1 Å². The summed E-state index contributed by atoms with van der Waals surface area (Å²) >= 11 is 0. The van der Waals surface area contributed by atoms with E-state index in [9.17, 15) is 22.8 Å². The molecular weight excluding hydrogens is 451 g/mol. The van der Waals surface area contributed by atoms with E-state index in [2.05, 4.69) is 30.7 Å². The average molecular weight is 471 g/mol. The predicted molar refractivity (Wildman–Crippen MR) is 118 cm³/mol. The van der Waals surface area contributed by atoms with Gasteiger partial charge in [0.15, 0.2) is 0 Å². The first-order valence-corrected chi connectivity index (χ1v) is 10.3. The third-order valence-electron chi connectivity index (χ3n) is 5.14. The minimum absolute atomic E-state index is 0.140. The SMILES string of the molecule is Cc1ccc(Nc2ncc(-c3ccc(OC(F)(F)F)cc3)cn2)cc1NC(=O)C1CCC(=O)N1. The molecule has 1 saturated heterocycles. The number of ether oxygens (including phenoxy) is 1. The van der Waals surface area contributed by atoms with Gasteiger partial charge in [0, 0.05) is 35.8 Å². The Bertz CT molecular complexity index is 1200. The molecule has 1 aliphatic rings. The van der Waals surface area contributed by atoms with Gasteiger partial charge >= 0.3 is 6.36 Å². The average Bonchev–Trinajstić information content (AvgIpc) is 3.23. The number of halogens is 3. The number of aromatic nitrogens is 2. The van der Waals surface area contributed by atoms with Gasteiger partial charge in [0.1, 0.15) is 11.8 Å². The highest BCUT2D eigenvalue weighted by molar-refractivity contribution is 5.99. The molecule has 11 heteroatoms. The van der Waals surface area contributed by atoms with Crippen LogP contribution < -0.4 is 20.7 Å². The number of benzene rings is 2. The summed E-state index contributed by atoms with van der Waals surface area (Å²) in [4.78, 5) is 32.3. The Morgan fingerprint density at radius 2 is 1.79 bits per heavy atom. The Kier molecular flexibility index (Phi) is 6.35. The maximum Gasteiger partial charge on any atom is 0.573 e. The lowest BCUT2D eigenvalue weighted by Crippen LogP contribution is -2.37. The molecule has 4 rings (SSSR count). The molecule has 1 aromatic heterocycles. The summed E-state index contributed by atoms with van der Waals surface area (Å²) in [5.74, 6) is -0.435. The van der Waals surface area contributed by atoms with E-state index in [0.29, 0.717) is 41.3 Å². The maximum atomic E-state index is 12.4. The van der Waals surface area contributed by atoms with Crippen LogP contribution in [-0.2, 0) is 9.59 Å². The summed E-state index contributed by atoms with van der Waals surface area (Å²) in [7, 11) is 0. The highest BCUT2D eigenvalue weighted by atomic mass is 19.4. The monoisotopic (exact) mass is 471 g/mol. The second-order valence-corrected chi connectivity index (χ2v) is 7.67. The molecule has 0 spiro atoms. The maximum absolute atomic E-state index is 12.4. The predicted octanol–water partition coefficient (Wildman–Crippen LogP) is 4.31. The quantitative estimate of drug-likeness (QED) is 0.495. The van der Waals surface area contributed by atoms with Crippen molar-refractivity contribution in [2.75, 3.05) is 10.6 Å². The van der Waals surface area contributed by atoms with Crippen LogP contribution in [-0.4, -0.2) is 34.2 Å². The van der Waals surface area contributed by atoms with E-state index in [4.69, 9.17) is 0 Å². The summed E-state index contributed by atoms with van der Waals surface area (Å²) in [6, 6.07) is 10.2. The summed E-state index contributed by atoms with van der Waals surface area (Å²) in [5.41, 5.74) is 3.31. The molecule has 3 N–H and O–H groups in total. The Morgan fingerprint density at radius 1 is 1.09 bits per heavy atom. The highest BCUT2D eigenvalue weighted by Gasteiger charge is 2.31. The van der Waals surface area contributed by atoms with Crippen molar-refractivity contribution < 1.29 is 27.5 Å². The molecule has 2 amide bonds. The third kappa shape index (κ3) is 5.80. The van der Waals surface area contributed by atoms with Crippen LogP contribution in [0.1, 0.15) is 18.4 Å². The number of hydrogen-bond acceptors (Lipinski definition) is 6. The fourth-order valence-corrected chi connectivity index (χ4v) is 3.38. The van der Waals surface area contributed by atoms with Crippen LogP contribution in [0.3, 0.4) is 0 Å². The summed E-state index contributed by atoms with van der Waals surface area (Å²) in [6.45, 7) is 1.85. The first kappa shape index (κ1) is 23.0. The van der Waals surface area contributed by atoms with Crippen molar-refractivity contribution >= 4 is 29.1 Å². The molecular formula is C23H20F3N5O3. The topological polar surface area (TPSA) is 105 Å². The molecule has 0 radical (unpaired) electrons. The van der Waals surface area contributed by atoms with Gasteiger partial charge in [-0.15, -0.1) is 13.2 Å². The van der Waals surface area contributed by atoms with Gasteiger partial charge in [-0.25, -0.2) is 9.97 Å². The molecule has 2 aromatic carbocycles. The number of anilines is 3. The molecule has 1 aliphatic heterocycles. The zero-order valence-corrected chi connectivity index (χ0v) is 17.9. The van der Waals surface area contributed by atoms with Crippen LogP contribution >= 0.6 is 0 Å². The van der Waals surface area contributed by atoms with E-state index >= 15 is 0 Å². The standard InChI is InChI=1S/C23H20F3N5O3/c1-13-2-5-16(10-19(13)31-21(33)18-8-9-20(32)30-18)29-22-27-11-15(12-28-22)14-3-6-17(7-4-14)34-23(24,25)26/h2-7,10-12,18H,8-9H2,1H3,(H,30,32)(H,31,33)(H,27,28,29). The minimum Gasteiger partial charge on any atom is -0.406 e. The first-order valence-electron chi connectivity index (χ1n) is 10.3. The van der Waals surface area contributed by atoms with Gasteiger partial charge in [0.2, 0.25) is 17.8 Å². The van der Waals surface area contributed by atoms with Crippen molar-refractivity contribution in [1.29, 1.82) is 0 Å². The normalized spacial score (nSPS) is 15.5. The lowest BCUT2D eigenvalue weighted by atomic mass is 10.1. The van der Waals surface area contributed by atoms with E-state index in [1.165, 1.54) is 36.7 Å². The van der Waals surface area contributed by atoms with Crippen LogP contribution in [0.15, 0.2) is 54.9 Å². The molecule has 0 saturated carbocycles. The summed E-state index contributed by atoms with van der Waals surface area (Å²) < 4.78 is 40.8. The van der Waals surface area contributed by atoms with E-state index < -0.39 is 12.4 Å². The van der Waals surface area contributed by atoms with Crippen molar-refractivity contribution in [1.82, 2.24) is 15.3 Å². The number of nitrogens with zero attached hydrogens (tertiary/aromatic N) is 2. The number of alkyl halides is 3. The van der Waals surface area contributed by atoms with Crippen molar-refractivity contribution in [3.05, 3.63) is 60.4 Å². The van der Waals surface area contributed by atoms with E-state index in [1.54, 1.807) is 12.1 Å². The summed E-state index contributed by atoms with van der Waals surface area (Å²) in [5, 5.41) is 8.52. The molecule has 0 bridgehead atoms. The smallest absolute Gasteiger partial charge is 0.406 e. The van der Waals surface area contributed by atoms with E-state index in [1.807, 2.05) is 13.0 Å². The largest absolute Gasteiger partial charge is 0.573 e. The fourth-order valence-electron chi connectivity index (χ4n) is 3.38. The molecule has 1 atom stereocenters. The van der Waals surface area contributed by atoms with Gasteiger partial charge < -0.3 is 20.7 Å². The number of nitrogens with one attached hydrogen (secondary N) is 3. The lowest BCUT2D eigenvalue weighted by molar-refractivity contribution is -0.274. The number of carbonyl (C=O) groups is 2. The Hall–Kier alpha value is -4.15. The van der Waals surface area contributed by atoms with Gasteiger partial charge in [0.05, 0.1) is 0 Å². The number of carbonyl (C=O) groups excluding carboxylic acids is 2. The molecule has 2 heterocycles. The second-order valence-electron chi connectivity index (χ2n) is 7.67. The van der Waals surface area contributed by atoms with Gasteiger partial charge in [-0.1, -0.05) is 18.2 Å². The lowest BCUT2D eigenvalue weighted by Gasteiger charge is -2.14. The molecule has 8 nitrogen and oxygen atoms in total. The first-order chi connectivity index (χ1) is 16.2. The Labute approximate surface area is 192 Å².